The lowest BCUT2D eigenvalue weighted by molar-refractivity contribution is 0.0168. The van der Waals surface area contributed by atoms with E-state index in [2.05, 4.69) is 27.5 Å². The number of hydrogen-bond donors (Lipinski definition) is 2. The van der Waals surface area contributed by atoms with E-state index in [-0.39, 0.29) is 6.10 Å². The summed E-state index contributed by atoms with van der Waals surface area (Å²) in [5.74, 6) is 1.45. The van der Waals surface area contributed by atoms with Crippen LogP contribution in [0.5, 0.6) is 5.88 Å². The first-order valence-corrected chi connectivity index (χ1v) is 10.0. The first-order chi connectivity index (χ1) is 13.2. The number of aromatic nitrogens is 1. The Morgan fingerprint density at radius 3 is 2.93 bits per heavy atom. The summed E-state index contributed by atoms with van der Waals surface area (Å²) in [4.78, 5) is 8.92. The largest absolute Gasteiger partial charge is 0.475 e. The lowest BCUT2D eigenvalue weighted by Gasteiger charge is -2.13. The molecule has 2 N–H and O–H groups in total. The maximum atomic E-state index is 5.68. The second-order valence-electron chi connectivity index (χ2n) is 6.86. The van der Waals surface area contributed by atoms with Gasteiger partial charge in [-0.15, -0.1) is 0 Å². The van der Waals surface area contributed by atoms with Crippen LogP contribution in [-0.4, -0.2) is 56.1 Å². The highest BCUT2D eigenvalue weighted by molar-refractivity contribution is 5.79. The predicted molar refractivity (Wildman–Crippen MR) is 107 cm³/mol. The topological polar surface area (TPSA) is 77.0 Å². The lowest BCUT2D eigenvalue weighted by atomic mass is 10.2. The summed E-state index contributed by atoms with van der Waals surface area (Å²) in [6, 6.07) is 3.88. The molecule has 27 heavy (non-hydrogen) atoms. The minimum Gasteiger partial charge on any atom is -0.475 e. The van der Waals surface area contributed by atoms with Crippen LogP contribution in [0.2, 0.25) is 0 Å². The van der Waals surface area contributed by atoms with Gasteiger partial charge in [-0.1, -0.05) is 6.07 Å². The third-order valence-corrected chi connectivity index (χ3v) is 4.00. The number of hydrogen-bond acceptors (Lipinski definition) is 5. The second-order valence-corrected chi connectivity index (χ2v) is 6.86. The van der Waals surface area contributed by atoms with Crippen LogP contribution in [0.4, 0.5) is 0 Å². The van der Waals surface area contributed by atoms with Gasteiger partial charge < -0.3 is 24.8 Å². The Kier molecular flexibility index (Phi) is 9.94. The van der Waals surface area contributed by atoms with Crippen molar-refractivity contribution < 1.29 is 14.2 Å². The Bertz CT molecular complexity index is 543. The molecule has 7 heteroatoms. The number of pyridine rings is 1. The Balaban J connectivity index is 1.66. The molecule has 152 valence electrons. The molecule has 0 spiro atoms. The number of guanidine groups is 1. The molecule has 7 nitrogen and oxygen atoms in total. The number of ether oxygens (including phenoxy) is 3. The van der Waals surface area contributed by atoms with E-state index in [9.17, 15) is 0 Å². The van der Waals surface area contributed by atoms with Crippen molar-refractivity contribution in [3.8, 4) is 5.88 Å². The molecule has 0 aliphatic carbocycles. The second kappa shape index (κ2) is 12.5. The van der Waals surface area contributed by atoms with Crippen LogP contribution in [0.25, 0.3) is 0 Å². The fraction of sp³-hybridized carbons (Fsp3) is 0.700. The quantitative estimate of drug-likeness (QED) is 0.350. The molecule has 1 atom stereocenters. The van der Waals surface area contributed by atoms with E-state index >= 15 is 0 Å². The smallest absolute Gasteiger partial charge is 0.213 e. The first kappa shape index (κ1) is 21.4. The van der Waals surface area contributed by atoms with Crippen LogP contribution in [0.3, 0.4) is 0 Å². The number of nitrogens with zero attached hydrogens (tertiary/aromatic N) is 2. The van der Waals surface area contributed by atoms with E-state index in [0.717, 1.165) is 57.1 Å². The van der Waals surface area contributed by atoms with Gasteiger partial charge in [-0.05, 0) is 45.6 Å². The van der Waals surface area contributed by atoms with E-state index in [4.69, 9.17) is 14.2 Å². The molecule has 0 bridgehead atoms. The van der Waals surface area contributed by atoms with Gasteiger partial charge in [0.05, 0.1) is 25.4 Å². The van der Waals surface area contributed by atoms with Crippen molar-refractivity contribution >= 4 is 5.96 Å². The number of rotatable bonds is 11. The first-order valence-electron chi connectivity index (χ1n) is 10.0. The summed E-state index contributed by atoms with van der Waals surface area (Å²) >= 11 is 0. The number of nitrogens with one attached hydrogen (secondary N) is 2. The SMILES string of the molecule is CCNC(=NCc1ccc(OC(C)C)nc1)NCCCOCC1CCCO1. The van der Waals surface area contributed by atoms with Crippen LogP contribution in [0.1, 0.15) is 45.6 Å². The minimum absolute atomic E-state index is 0.126. The average molecular weight is 379 g/mol. The van der Waals surface area contributed by atoms with Gasteiger partial charge in [0.25, 0.3) is 0 Å². The van der Waals surface area contributed by atoms with E-state index < -0.39 is 0 Å². The molecule has 1 fully saturated rings. The monoisotopic (exact) mass is 378 g/mol. The molecule has 1 aliphatic rings. The molecule has 1 aromatic rings. The van der Waals surface area contributed by atoms with Crippen molar-refractivity contribution in [1.82, 2.24) is 15.6 Å². The van der Waals surface area contributed by atoms with Crippen molar-refractivity contribution in [2.24, 2.45) is 4.99 Å². The zero-order valence-corrected chi connectivity index (χ0v) is 16.9. The highest BCUT2D eigenvalue weighted by atomic mass is 16.5. The third-order valence-electron chi connectivity index (χ3n) is 4.00. The summed E-state index contributed by atoms with van der Waals surface area (Å²) in [5.41, 5.74) is 1.04. The minimum atomic E-state index is 0.126. The summed E-state index contributed by atoms with van der Waals surface area (Å²) < 4.78 is 16.8. The van der Waals surface area contributed by atoms with Crippen molar-refractivity contribution in [2.75, 3.05) is 32.9 Å². The molecule has 0 amide bonds. The van der Waals surface area contributed by atoms with E-state index in [1.807, 2.05) is 32.2 Å². The average Bonchev–Trinajstić information content (AvgIpc) is 3.16. The fourth-order valence-electron chi connectivity index (χ4n) is 2.70. The van der Waals surface area contributed by atoms with Gasteiger partial charge in [-0.3, -0.25) is 0 Å². The number of aliphatic imine (C=N–C) groups is 1. The molecule has 0 radical (unpaired) electrons. The van der Waals surface area contributed by atoms with Gasteiger partial charge in [0.15, 0.2) is 5.96 Å². The summed E-state index contributed by atoms with van der Waals surface area (Å²) in [7, 11) is 0. The maximum Gasteiger partial charge on any atom is 0.213 e. The molecule has 2 heterocycles. The molecular weight excluding hydrogens is 344 g/mol. The Hall–Kier alpha value is -1.86. The van der Waals surface area contributed by atoms with Crippen LogP contribution in [0.15, 0.2) is 23.3 Å². The van der Waals surface area contributed by atoms with Gasteiger partial charge in [-0.2, -0.15) is 0 Å². The van der Waals surface area contributed by atoms with Crippen LogP contribution >= 0.6 is 0 Å². The zero-order chi connectivity index (χ0) is 19.3. The molecule has 1 aliphatic heterocycles. The van der Waals surface area contributed by atoms with Gasteiger partial charge in [-0.25, -0.2) is 9.98 Å². The van der Waals surface area contributed by atoms with Crippen molar-refractivity contribution in [1.29, 1.82) is 0 Å². The van der Waals surface area contributed by atoms with Crippen molar-refractivity contribution in [2.45, 2.75) is 58.8 Å². The van der Waals surface area contributed by atoms with Crippen LogP contribution < -0.4 is 15.4 Å². The zero-order valence-electron chi connectivity index (χ0n) is 16.9. The van der Waals surface area contributed by atoms with Crippen LogP contribution in [0, 0.1) is 0 Å². The van der Waals surface area contributed by atoms with E-state index in [1.165, 1.54) is 0 Å². The van der Waals surface area contributed by atoms with Crippen molar-refractivity contribution in [3.63, 3.8) is 0 Å². The van der Waals surface area contributed by atoms with Crippen molar-refractivity contribution in [3.05, 3.63) is 23.9 Å². The van der Waals surface area contributed by atoms with Gasteiger partial charge in [0.1, 0.15) is 0 Å². The fourth-order valence-corrected chi connectivity index (χ4v) is 2.70. The van der Waals surface area contributed by atoms with Gasteiger partial charge in [0.2, 0.25) is 5.88 Å². The van der Waals surface area contributed by atoms with Gasteiger partial charge >= 0.3 is 0 Å². The molecule has 1 unspecified atom stereocenters. The Morgan fingerprint density at radius 2 is 2.26 bits per heavy atom. The molecule has 2 rings (SSSR count). The van der Waals surface area contributed by atoms with Gasteiger partial charge in [0, 0.05) is 38.6 Å². The molecule has 1 aromatic heterocycles. The molecular formula is C20H34N4O3. The highest BCUT2D eigenvalue weighted by Crippen LogP contribution is 2.12. The summed E-state index contributed by atoms with van der Waals surface area (Å²) in [6.45, 7) is 10.6. The Morgan fingerprint density at radius 1 is 1.37 bits per heavy atom. The Labute approximate surface area is 162 Å². The molecule has 1 saturated heterocycles. The highest BCUT2D eigenvalue weighted by Gasteiger charge is 2.14. The van der Waals surface area contributed by atoms with Crippen LogP contribution in [-0.2, 0) is 16.0 Å². The third kappa shape index (κ3) is 9.06. The molecule has 0 saturated carbocycles. The van der Waals surface area contributed by atoms with E-state index in [0.29, 0.717) is 25.1 Å². The normalized spacial score (nSPS) is 17.3. The van der Waals surface area contributed by atoms with E-state index in [1.54, 1.807) is 0 Å². The summed E-state index contributed by atoms with van der Waals surface area (Å²) in [5, 5.41) is 6.60. The standard InChI is InChI=1S/C20H34N4O3/c1-4-21-20(22-10-6-11-25-15-18-7-5-12-26-18)24-14-17-8-9-19(23-13-17)27-16(2)3/h8-9,13,16,18H,4-7,10-12,14-15H2,1-3H3,(H2,21,22,24). The molecule has 0 aromatic carbocycles. The lowest BCUT2D eigenvalue weighted by Crippen LogP contribution is -2.38. The summed E-state index contributed by atoms with van der Waals surface area (Å²) in [6.07, 6.45) is 5.43. The predicted octanol–water partition coefficient (Wildman–Crippen LogP) is 2.51. The maximum absolute atomic E-state index is 5.68.